The predicted octanol–water partition coefficient (Wildman–Crippen LogP) is 3.92. The molecule has 1 spiro atoms. The molecular formula is C20H29NO. The van der Waals surface area contributed by atoms with Gasteiger partial charge in [-0.2, -0.15) is 0 Å². The van der Waals surface area contributed by atoms with E-state index in [0.717, 1.165) is 36.6 Å². The second-order valence-electron chi connectivity index (χ2n) is 8.00. The first kappa shape index (κ1) is 15.7. The van der Waals surface area contributed by atoms with E-state index in [1.165, 1.54) is 50.5 Å². The first-order valence-electron chi connectivity index (χ1n) is 8.98. The molecule has 4 unspecified atom stereocenters. The maximum absolute atomic E-state index is 11.1. The summed E-state index contributed by atoms with van der Waals surface area (Å²) in [6.45, 7) is 7.53. The average Bonchev–Trinajstić information content (AvgIpc) is 2.76. The van der Waals surface area contributed by atoms with Crippen molar-refractivity contribution in [3.05, 3.63) is 12.2 Å². The Kier molecular flexibility index (Phi) is 4.35. The molecule has 1 amide bonds. The number of amides is 1. The molecule has 0 radical (unpaired) electrons. The number of hydrogen-bond donors (Lipinski definition) is 1. The summed E-state index contributed by atoms with van der Waals surface area (Å²) in [6, 6.07) is 0. The number of fused-ring (bicyclic) bond motifs is 1. The van der Waals surface area contributed by atoms with E-state index in [9.17, 15) is 4.79 Å². The van der Waals surface area contributed by atoms with Crippen molar-refractivity contribution < 1.29 is 4.79 Å². The summed E-state index contributed by atoms with van der Waals surface area (Å²) in [5.74, 6) is 5.20. The zero-order valence-corrected chi connectivity index (χ0v) is 13.9. The molecule has 0 aromatic heterocycles. The molecule has 0 aromatic rings. The molecule has 2 bridgehead atoms. The van der Waals surface area contributed by atoms with Crippen molar-refractivity contribution in [2.75, 3.05) is 6.54 Å². The van der Waals surface area contributed by atoms with Crippen LogP contribution in [0.1, 0.15) is 58.3 Å². The maximum Gasteiger partial charge on any atom is 0.295 e. The van der Waals surface area contributed by atoms with Crippen LogP contribution in [0, 0.1) is 41.4 Å². The fourth-order valence-corrected chi connectivity index (χ4v) is 5.83. The van der Waals surface area contributed by atoms with Gasteiger partial charge >= 0.3 is 0 Å². The first-order valence-corrected chi connectivity index (χ1v) is 8.98. The molecule has 3 aliphatic rings. The summed E-state index contributed by atoms with van der Waals surface area (Å²) in [4.78, 5) is 11.1. The van der Waals surface area contributed by atoms with Crippen molar-refractivity contribution in [3.63, 3.8) is 0 Å². The highest BCUT2D eigenvalue weighted by Gasteiger charge is 2.54. The molecule has 0 aromatic carbocycles. The van der Waals surface area contributed by atoms with Crippen LogP contribution in [0.4, 0.5) is 0 Å². The third-order valence-corrected chi connectivity index (χ3v) is 6.90. The molecule has 22 heavy (non-hydrogen) atoms. The number of carbonyl (C=O) groups excluding carboxylic acids is 1. The van der Waals surface area contributed by atoms with Crippen LogP contribution < -0.4 is 5.32 Å². The molecule has 0 aliphatic heterocycles. The molecule has 3 saturated carbocycles. The van der Waals surface area contributed by atoms with Crippen molar-refractivity contribution >= 4 is 5.91 Å². The van der Waals surface area contributed by atoms with Crippen molar-refractivity contribution in [1.29, 1.82) is 0 Å². The van der Waals surface area contributed by atoms with Crippen LogP contribution in [0.3, 0.4) is 0 Å². The normalized spacial score (nSPS) is 39.9. The van der Waals surface area contributed by atoms with Crippen LogP contribution >= 0.6 is 0 Å². The van der Waals surface area contributed by atoms with E-state index >= 15 is 0 Å². The van der Waals surface area contributed by atoms with Crippen molar-refractivity contribution in [3.8, 4) is 12.3 Å². The van der Waals surface area contributed by atoms with E-state index in [0.29, 0.717) is 5.41 Å². The van der Waals surface area contributed by atoms with Crippen LogP contribution in [-0.4, -0.2) is 12.5 Å². The first-order chi connectivity index (χ1) is 10.6. The SMILES string of the molecule is C#CC(=O)NCCCC1C(C)CCC23CC(=C)[C@H](CCC12)C3. The monoisotopic (exact) mass is 299 g/mol. The van der Waals surface area contributed by atoms with Gasteiger partial charge in [0.1, 0.15) is 0 Å². The molecule has 0 saturated heterocycles. The van der Waals surface area contributed by atoms with Gasteiger partial charge in [0.15, 0.2) is 0 Å². The van der Waals surface area contributed by atoms with Gasteiger partial charge in [0.25, 0.3) is 5.91 Å². The van der Waals surface area contributed by atoms with Crippen LogP contribution in [0.15, 0.2) is 12.2 Å². The molecule has 3 aliphatic carbocycles. The second kappa shape index (κ2) is 6.11. The number of allylic oxidation sites excluding steroid dienone is 1. The number of nitrogens with one attached hydrogen (secondary N) is 1. The lowest BCUT2D eigenvalue weighted by atomic mass is 9.53. The Morgan fingerprint density at radius 2 is 2.27 bits per heavy atom. The molecular weight excluding hydrogens is 270 g/mol. The van der Waals surface area contributed by atoms with Crippen molar-refractivity contribution in [1.82, 2.24) is 5.32 Å². The van der Waals surface area contributed by atoms with E-state index in [1.54, 1.807) is 0 Å². The molecule has 2 heteroatoms. The molecule has 3 fully saturated rings. The number of carbonyl (C=O) groups is 1. The lowest BCUT2D eigenvalue weighted by molar-refractivity contribution is -0.115. The molecule has 120 valence electrons. The lowest BCUT2D eigenvalue weighted by Gasteiger charge is -2.51. The van der Waals surface area contributed by atoms with E-state index in [4.69, 9.17) is 6.42 Å². The molecule has 3 rings (SSSR count). The summed E-state index contributed by atoms with van der Waals surface area (Å²) >= 11 is 0. The van der Waals surface area contributed by atoms with E-state index < -0.39 is 0 Å². The minimum absolute atomic E-state index is 0.277. The minimum atomic E-state index is -0.277. The Balaban J connectivity index is 1.62. The summed E-state index contributed by atoms with van der Waals surface area (Å²) < 4.78 is 0. The standard InChI is InChI=1S/C20H29NO/c1-4-19(22)21-11-5-6-17-14(2)9-10-20-12-15(3)16(13-20)7-8-18(17)20/h1,14,16-18H,3,5-13H2,2H3,(H,21,22)/t14?,16-,17?,18?,20?/m1/s1. The third kappa shape index (κ3) is 2.71. The second-order valence-corrected chi connectivity index (χ2v) is 8.00. The van der Waals surface area contributed by atoms with Gasteiger partial charge in [-0.1, -0.05) is 19.1 Å². The predicted molar refractivity (Wildman–Crippen MR) is 90.0 cm³/mol. The van der Waals surface area contributed by atoms with Gasteiger partial charge in [-0.05, 0) is 86.4 Å². The van der Waals surface area contributed by atoms with Gasteiger partial charge in [0.2, 0.25) is 0 Å². The number of rotatable bonds is 4. The zero-order valence-electron chi connectivity index (χ0n) is 13.9. The highest BCUT2D eigenvalue weighted by atomic mass is 16.1. The van der Waals surface area contributed by atoms with Gasteiger partial charge in [-0.15, -0.1) is 6.42 Å². The largest absolute Gasteiger partial charge is 0.345 e. The lowest BCUT2D eigenvalue weighted by Crippen LogP contribution is -2.43. The van der Waals surface area contributed by atoms with Gasteiger partial charge in [0, 0.05) is 6.54 Å². The summed E-state index contributed by atoms with van der Waals surface area (Å²) in [5, 5.41) is 2.81. The van der Waals surface area contributed by atoms with E-state index in [-0.39, 0.29) is 5.91 Å². The van der Waals surface area contributed by atoms with Crippen LogP contribution in [-0.2, 0) is 4.79 Å². The molecule has 0 heterocycles. The highest BCUT2D eigenvalue weighted by molar-refractivity contribution is 5.92. The Hall–Kier alpha value is -1.23. The Morgan fingerprint density at radius 3 is 3.05 bits per heavy atom. The van der Waals surface area contributed by atoms with Crippen molar-refractivity contribution in [2.45, 2.75) is 58.3 Å². The van der Waals surface area contributed by atoms with Gasteiger partial charge in [-0.3, -0.25) is 4.79 Å². The quantitative estimate of drug-likeness (QED) is 0.476. The number of terminal acetylenes is 1. The van der Waals surface area contributed by atoms with Gasteiger partial charge < -0.3 is 5.32 Å². The van der Waals surface area contributed by atoms with Crippen LogP contribution in [0.2, 0.25) is 0 Å². The Morgan fingerprint density at radius 1 is 1.45 bits per heavy atom. The summed E-state index contributed by atoms with van der Waals surface area (Å²) in [6.07, 6.45) is 15.6. The van der Waals surface area contributed by atoms with E-state index in [1.807, 2.05) is 0 Å². The topological polar surface area (TPSA) is 29.1 Å². The van der Waals surface area contributed by atoms with Crippen LogP contribution in [0.25, 0.3) is 0 Å². The zero-order chi connectivity index (χ0) is 15.7. The molecule has 5 atom stereocenters. The third-order valence-electron chi connectivity index (χ3n) is 6.90. The van der Waals surface area contributed by atoms with Gasteiger partial charge in [-0.25, -0.2) is 0 Å². The number of hydrogen-bond acceptors (Lipinski definition) is 1. The highest BCUT2D eigenvalue weighted by Crippen LogP contribution is 2.64. The van der Waals surface area contributed by atoms with Crippen LogP contribution in [0.5, 0.6) is 0 Å². The Bertz CT molecular complexity index is 502. The fourth-order valence-electron chi connectivity index (χ4n) is 5.83. The fraction of sp³-hybridized carbons (Fsp3) is 0.750. The minimum Gasteiger partial charge on any atom is -0.345 e. The van der Waals surface area contributed by atoms with Gasteiger partial charge in [0.05, 0.1) is 0 Å². The Labute approximate surface area is 135 Å². The smallest absolute Gasteiger partial charge is 0.295 e. The molecule has 2 nitrogen and oxygen atoms in total. The summed E-state index contributed by atoms with van der Waals surface area (Å²) in [5.41, 5.74) is 2.12. The van der Waals surface area contributed by atoms with E-state index in [2.05, 4.69) is 24.7 Å². The average molecular weight is 299 g/mol. The maximum atomic E-state index is 11.1. The molecule has 1 N–H and O–H groups in total. The summed E-state index contributed by atoms with van der Waals surface area (Å²) in [7, 11) is 0. The van der Waals surface area contributed by atoms with Crippen molar-refractivity contribution in [2.24, 2.45) is 29.1 Å².